The highest BCUT2D eigenvalue weighted by Gasteiger charge is 2.35. The summed E-state index contributed by atoms with van der Waals surface area (Å²) in [7, 11) is -1.40. The second kappa shape index (κ2) is 14.3. The quantitative estimate of drug-likeness (QED) is 0.261. The van der Waals surface area contributed by atoms with Gasteiger partial charge in [-0.05, 0) is 81.3 Å². The molecule has 0 heterocycles. The van der Waals surface area contributed by atoms with Crippen LogP contribution in [0.25, 0.3) is 0 Å². The summed E-state index contributed by atoms with van der Waals surface area (Å²) in [6.07, 6.45) is 0.273. The summed E-state index contributed by atoms with van der Waals surface area (Å²) in [5.41, 5.74) is 0.215. The van der Waals surface area contributed by atoms with E-state index in [2.05, 4.69) is 5.32 Å². The minimum atomic E-state index is -4.30. The number of hydrogen-bond donors (Lipinski definition) is 1. The third-order valence-corrected chi connectivity index (χ3v) is 9.01. The number of amides is 2. The average molecular weight is 651 g/mol. The van der Waals surface area contributed by atoms with Crippen LogP contribution in [-0.2, 0) is 26.2 Å². The topological polar surface area (TPSA) is 105 Å². The summed E-state index contributed by atoms with van der Waals surface area (Å²) in [6, 6.07) is 16.4. The van der Waals surface area contributed by atoms with Gasteiger partial charge < -0.3 is 19.7 Å². The van der Waals surface area contributed by atoms with Crippen molar-refractivity contribution in [2.75, 3.05) is 25.1 Å². The second-order valence-corrected chi connectivity index (χ2v) is 13.5. The number of ether oxygens (including phenoxy) is 2. The van der Waals surface area contributed by atoms with Crippen molar-refractivity contribution in [1.29, 1.82) is 0 Å². The molecule has 0 aliphatic heterocycles. The minimum Gasteiger partial charge on any atom is -0.497 e. The second-order valence-electron chi connectivity index (χ2n) is 10.8. The molecule has 1 atom stereocenters. The Hall–Kier alpha value is -3.47. The van der Waals surface area contributed by atoms with E-state index in [0.717, 1.165) is 4.31 Å². The van der Waals surface area contributed by atoms with Gasteiger partial charge in [0.05, 0.1) is 34.8 Å². The van der Waals surface area contributed by atoms with Crippen molar-refractivity contribution in [2.24, 2.45) is 0 Å². The van der Waals surface area contributed by atoms with Crippen LogP contribution in [-0.4, -0.2) is 57.5 Å². The van der Waals surface area contributed by atoms with Crippen LogP contribution in [0, 0.1) is 0 Å². The van der Waals surface area contributed by atoms with E-state index in [0.29, 0.717) is 16.3 Å². The zero-order valence-corrected chi connectivity index (χ0v) is 27.4. The number of benzene rings is 3. The maximum atomic E-state index is 14.3. The van der Waals surface area contributed by atoms with Crippen LogP contribution in [0.1, 0.15) is 39.7 Å². The SMILES string of the molecule is CCC(C(=O)NC(C)(C)C)N(Cc1ccc(Cl)c(Cl)c1)C(=O)CN(c1ccccc1OC)S(=O)(=O)c1ccc(OC)cc1. The molecule has 3 rings (SSSR count). The van der Waals surface area contributed by atoms with E-state index in [9.17, 15) is 18.0 Å². The molecule has 0 saturated carbocycles. The number of nitrogens with zero attached hydrogens (tertiary/aromatic N) is 2. The Bertz CT molecular complexity index is 1540. The van der Waals surface area contributed by atoms with Crippen molar-refractivity contribution < 1.29 is 27.5 Å². The van der Waals surface area contributed by atoms with Gasteiger partial charge >= 0.3 is 0 Å². The van der Waals surface area contributed by atoms with E-state index >= 15 is 0 Å². The molecule has 0 fully saturated rings. The first-order valence-electron chi connectivity index (χ1n) is 13.6. The zero-order chi connectivity index (χ0) is 31.9. The Morgan fingerprint density at radius 3 is 2.14 bits per heavy atom. The molecular weight excluding hydrogens is 613 g/mol. The molecule has 0 bridgehead atoms. The highest BCUT2D eigenvalue weighted by atomic mass is 35.5. The highest BCUT2D eigenvalue weighted by Crippen LogP contribution is 2.33. The van der Waals surface area contributed by atoms with Crippen molar-refractivity contribution in [2.45, 2.75) is 57.1 Å². The number of para-hydroxylation sites is 2. The van der Waals surface area contributed by atoms with E-state index in [1.54, 1.807) is 49.4 Å². The van der Waals surface area contributed by atoms with Crippen LogP contribution < -0.4 is 19.1 Å². The Labute approximate surface area is 263 Å². The standard InChI is InChI=1S/C31H37Cl2N3O6S/c1-7-26(30(38)34-31(2,3)4)35(19-21-12-17-24(32)25(33)18-21)29(37)20-36(27-10-8-9-11-28(27)42-6)43(39,40)23-15-13-22(41-5)14-16-23/h8-18,26H,7,19-20H2,1-6H3,(H,34,38). The van der Waals surface area contributed by atoms with E-state index in [1.807, 2.05) is 20.8 Å². The normalized spacial score (nSPS) is 12.3. The van der Waals surface area contributed by atoms with Crippen molar-refractivity contribution in [3.05, 3.63) is 82.3 Å². The molecule has 0 radical (unpaired) electrons. The zero-order valence-electron chi connectivity index (χ0n) is 25.1. The summed E-state index contributed by atoms with van der Waals surface area (Å²) in [6.45, 7) is 6.67. The van der Waals surface area contributed by atoms with Gasteiger partial charge in [0.15, 0.2) is 0 Å². The van der Waals surface area contributed by atoms with Crippen LogP contribution in [0.2, 0.25) is 10.0 Å². The van der Waals surface area contributed by atoms with Crippen molar-refractivity contribution in [3.8, 4) is 11.5 Å². The first kappa shape index (κ1) is 34.0. The number of hydrogen-bond acceptors (Lipinski definition) is 6. The highest BCUT2D eigenvalue weighted by molar-refractivity contribution is 7.92. The molecule has 0 aliphatic rings. The van der Waals surface area contributed by atoms with E-state index in [1.165, 1.54) is 43.4 Å². The molecule has 3 aromatic rings. The predicted molar refractivity (Wildman–Crippen MR) is 170 cm³/mol. The first-order valence-corrected chi connectivity index (χ1v) is 15.8. The molecule has 232 valence electrons. The van der Waals surface area contributed by atoms with Gasteiger partial charge in [0.1, 0.15) is 24.1 Å². The van der Waals surface area contributed by atoms with Gasteiger partial charge in [-0.1, -0.05) is 48.3 Å². The molecule has 0 spiro atoms. The lowest BCUT2D eigenvalue weighted by molar-refractivity contribution is -0.141. The molecule has 1 N–H and O–H groups in total. The fourth-order valence-electron chi connectivity index (χ4n) is 4.43. The fourth-order valence-corrected chi connectivity index (χ4v) is 6.18. The average Bonchev–Trinajstić information content (AvgIpc) is 2.96. The summed E-state index contributed by atoms with van der Waals surface area (Å²) >= 11 is 12.4. The lowest BCUT2D eigenvalue weighted by Gasteiger charge is -2.35. The van der Waals surface area contributed by atoms with E-state index < -0.39 is 34.1 Å². The summed E-state index contributed by atoms with van der Waals surface area (Å²) in [4.78, 5) is 29.0. The third kappa shape index (κ3) is 8.55. The Morgan fingerprint density at radius 2 is 1.58 bits per heavy atom. The largest absolute Gasteiger partial charge is 0.497 e. The number of methoxy groups -OCH3 is 2. The molecule has 43 heavy (non-hydrogen) atoms. The van der Waals surface area contributed by atoms with Crippen LogP contribution in [0.5, 0.6) is 11.5 Å². The van der Waals surface area contributed by atoms with Crippen LogP contribution in [0.15, 0.2) is 71.6 Å². The molecule has 3 aromatic carbocycles. The van der Waals surface area contributed by atoms with Gasteiger partial charge in [0, 0.05) is 12.1 Å². The Kier molecular flexibility index (Phi) is 11.3. The van der Waals surface area contributed by atoms with Crippen LogP contribution in [0.3, 0.4) is 0 Å². The Morgan fingerprint density at radius 1 is 0.930 bits per heavy atom. The number of sulfonamides is 1. The maximum Gasteiger partial charge on any atom is 0.264 e. The molecule has 0 saturated heterocycles. The monoisotopic (exact) mass is 649 g/mol. The first-order chi connectivity index (χ1) is 20.2. The van der Waals surface area contributed by atoms with E-state index in [4.69, 9.17) is 32.7 Å². The third-order valence-electron chi connectivity index (χ3n) is 6.50. The maximum absolute atomic E-state index is 14.3. The number of carbonyl (C=O) groups excluding carboxylic acids is 2. The number of anilines is 1. The van der Waals surface area contributed by atoms with Gasteiger partial charge in [-0.2, -0.15) is 0 Å². The summed E-state index contributed by atoms with van der Waals surface area (Å²) in [5, 5.41) is 3.57. The molecule has 0 aliphatic carbocycles. The smallest absolute Gasteiger partial charge is 0.264 e. The van der Waals surface area contributed by atoms with Crippen LogP contribution in [0.4, 0.5) is 5.69 Å². The number of nitrogens with one attached hydrogen (secondary N) is 1. The number of rotatable bonds is 12. The van der Waals surface area contributed by atoms with Crippen molar-refractivity contribution >= 4 is 50.7 Å². The van der Waals surface area contributed by atoms with E-state index in [-0.39, 0.29) is 40.2 Å². The predicted octanol–water partition coefficient (Wildman–Crippen LogP) is 5.93. The Balaban J connectivity index is 2.13. The molecular formula is C31H37Cl2N3O6S. The van der Waals surface area contributed by atoms with Gasteiger partial charge in [0.25, 0.3) is 10.0 Å². The molecule has 0 aromatic heterocycles. The molecule has 1 unspecified atom stereocenters. The lowest BCUT2D eigenvalue weighted by Crippen LogP contribution is -2.55. The van der Waals surface area contributed by atoms with Gasteiger partial charge in [-0.3, -0.25) is 13.9 Å². The number of carbonyl (C=O) groups is 2. The van der Waals surface area contributed by atoms with Gasteiger partial charge in [-0.25, -0.2) is 8.42 Å². The molecule has 9 nitrogen and oxygen atoms in total. The van der Waals surface area contributed by atoms with Gasteiger partial charge in [-0.15, -0.1) is 0 Å². The van der Waals surface area contributed by atoms with Crippen LogP contribution >= 0.6 is 23.2 Å². The number of halogens is 2. The summed E-state index contributed by atoms with van der Waals surface area (Å²) < 4.78 is 39.9. The molecule has 2 amide bonds. The van der Waals surface area contributed by atoms with Crippen molar-refractivity contribution in [1.82, 2.24) is 10.2 Å². The lowest BCUT2D eigenvalue weighted by atomic mass is 10.1. The molecule has 12 heteroatoms. The van der Waals surface area contributed by atoms with Gasteiger partial charge in [0.2, 0.25) is 11.8 Å². The van der Waals surface area contributed by atoms with Crippen molar-refractivity contribution in [3.63, 3.8) is 0 Å². The minimum absolute atomic E-state index is 0.0197. The summed E-state index contributed by atoms with van der Waals surface area (Å²) in [5.74, 6) is -0.251. The fraction of sp³-hybridized carbons (Fsp3) is 0.355.